The number of thiazole rings is 1. The van der Waals surface area contributed by atoms with E-state index in [1.165, 1.54) is 0 Å². The number of amides is 1. The fraction of sp³-hybridized carbons (Fsp3) is 0.333. The summed E-state index contributed by atoms with van der Waals surface area (Å²) in [4.78, 5) is 21.4. The fourth-order valence-corrected chi connectivity index (χ4v) is 3.65. The van der Waals surface area contributed by atoms with Crippen molar-refractivity contribution in [2.45, 2.75) is 13.5 Å². The second-order valence-electron chi connectivity index (χ2n) is 6.31. The number of piperazine rings is 1. The maximum absolute atomic E-state index is 12.7. The molecule has 1 saturated heterocycles. The first-order chi connectivity index (χ1) is 12.7. The molecular weight excluding hydrogens is 348 g/mol. The molecule has 3 heterocycles. The van der Waals surface area contributed by atoms with Crippen LogP contribution in [-0.2, 0) is 6.54 Å². The second-order valence-corrected chi connectivity index (χ2v) is 7.37. The number of para-hydroxylation sites is 1. The third-order valence-corrected chi connectivity index (χ3v) is 5.27. The van der Waals surface area contributed by atoms with Crippen LogP contribution in [-0.4, -0.2) is 61.9 Å². The molecule has 0 unspecified atom stereocenters. The van der Waals surface area contributed by atoms with Gasteiger partial charge in [0.25, 0.3) is 5.91 Å². The molecule has 1 aliphatic rings. The molecule has 134 valence electrons. The fourth-order valence-electron chi connectivity index (χ4n) is 3.05. The number of aryl methyl sites for hydroxylation is 1. The first-order valence-electron chi connectivity index (χ1n) is 8.59. The average Bonchev–Trinajstić information content (AvgIpc) is 3.32. The minimum absolute atomic E-state index is 0.0590. The normalized spacial score (nSPS) is 15.3. The van der Waals surface area contributed by atoms with Gasteiger partial charge in [-0.1, -0.05) is 23.4 Å². The Balaban J connectivity index is 1.36. The van der Waals surface area contributed by atoms with Gasteiger partial charge in [-0.3, -0.25) is 9.69 Å². The van der Waals surface area contributed by atoms with Crippen molar-refractivity contribution in [3.05, 3.63) is 58.3 Å². The third kappa shape index (κ3) is 3.66. The molecule has 0 atom stereocenters. The van der Waals surface area contributed by atoms with E-state index in [2.05, 4.69) is 25.6 Å². The molecule has 26 heavy (non-hydrogen) atoms. The van der Waals surface area contributed by atoms with Crippen LogP contribution in [0.15, 0.2) is 41.9 Å². The topological polar surface area (TPSA) is 67.2 Å². The molecule has 1 fully saturated rings. The molecule has 0 N–H and O–H groups in total. The van der Waals surface area contributed by atoms with E-state index in [9.17, 15) is 4.79 Å². The lowest BCUT2D eigenvalue weighted by Crippen LogP contribution is -2.48. The minimum atomic E-state index is -0.0590. The van der Waals surface area contributed by atoms with E-state index in [0.29, 0.717) is 18.8 Å². The Kier molecular flexibility index (Phi) is 4.77. The van der Waals surface area contributed by atoms with Crippen LogP contribution in [0, 0.1) is 6.92 Å². The number of hydrogen-bond acceptors (Lipinski definition) is 6. The molecular formula is C18H20N6OS. The van der Waals surface area contributed by atoms with E-state index in [-0.39, 0.29) is 5.91 Å². The van der Waals surface area contributed by atoms with E-state index in [0.717, 1.165) is 36.0 Å². The number of aromatic nitrogens is 4. The van der Waals surface area contributed by atoms with Crippen LogP contribution in [0.1, 0.15) is 21.2 Å². The van der Waals surface area contributed by atoms with Crippen LogP contribution in [0.2, 0.25) is 0 Å². The zero-order chi connectivity index (χ0) is 17.9. The Bertz CT molecular complexity index is 882. The molecule has 1 aromatic carbocycles. The molecule has 3 aromatic rings. The highest BCUT2D eigenvalue weighted by Crippen LogP contribution is 2.14. The Morgan fingerprint density at radius 3 is 2.62 bits per heavy atom. The average molecular weight is 368 g/mol. The van der Waals surface area contributed by atoms with Gasteiger partial charge < -0.3 is 4.90 Å². The van der Waals surface area contributed by atoms with Gasteiger partial charge in [0.05, 0.1) is 22.6 Å². The Morgan fingerprint density at radius 1 is 1.15 bits per heavy atom. The summed E-state index contributed by atoms with van der Waals surface area (Å²) in [7, 11) is 0. The van der Waals surface area contributed by atoms with Gasteiger partial charge in [0, 0.05) is 38.1 Å². The van der Waals surface area contributed by atoms with Gasteiger partial charge in [-0.25, -0.2) is 9.67 Å². The number of carbonyl (C=O) groups excluding carboxylic acids is 1. The maximum atomic E-state index is 12.7. The maximum Gasteiger partial charge on any atom is 0.276 e. The number of benzene rings is 1. The van der Waals surface area contributed by atoms with Crippen molar-refractivity contribution < 1.29 is 4.79 Å². The Hall–Kier alpha value is -2.58. The van der Waals surface area contributed by atoms with Gasteiger partial charge in [-0.15, -0.1) is 16.4 Å². The van der Waals surface area contributed by atoms with Gasteiger partial charge in [0.2, 0.25) is 0 Å². The third-order valence-electron chi connectivity index (χ3n) is 4.44. The van der Waals surface area contributed by atoms with Crippen molar-refractivity contribution >= 4 is 17.2 Å². The van der Waals surface area contributed by atoms with Crippen LogP contribution in [0.25, 0.3) is 5.69 Å². The van der Waals surface area contributed by atoms with E-state index < -0.39 is 0 Å². The summed E-state index contributed by atoms with van der Waals surface area (Å²) in [6.07, 6.45) is 1.70. The molecule has 0 aliphatic carbocycles. The number of rotatable bonds is 4. The first kappa shape index (κ1) is 16.9. The van der Waals surface area contributed by atoms with Crippen molar-refractivity contribution in [1.29, 1.82) is 0 Å². The summed E-state index contributed by atoms with van der Waals surface area (Å²) < 4.78 is 1.63. The number of hydrogen-bond donors (Lipinski definition) is 0. The van der Waals surface area contributed by atoms with Crippen LogP contribution >= 0.6 is 11.3 Å². The highest BCUT2D eigenvalue weighted by atomic mass is 32.1. The van der Waals surface area contributed by atoms with Crippen LogP contribution in [0.5, 0.6) is 0 Å². The highest BCUT2D eigenvalue weighted by Gasteiger charge is 2.24. The lowest BCUT2D eigenvalue weighted by atomic mass is 10.2. The molecule has 0 spiro atoms. The van der Waals surface area contributed by atoms with Crippen molar-refractivity contribution in [2.24, 2.45) is 0 Å². The molecule has 2 aromatic heterocycles. The minimum Gasteiger partial charge on any atom is -0.335 e. The first-order valence-corrected chi connectivity index (χ1v) is 9.47. The zero-order valence-electron chi connectivity index (χ0n) is 14.6. The molecule has 8 heteroatoms. The Morgan fingerprint density at radius 2 is 1.92 bits per heavy atom. The predicted octanol–water partition coefficient (Wildman–Crippen LogP) is 1.99. The van der Waals surface area contributed by atoms with Crippen molar-refractivity contribution in [3.63, 3.8) is 0 Å². The van der Waals surface area contributed by atoms with E-state index in [1.54, 1.807) is 22.2 Å². The second kappa shape index (κ2) is 7.35. The highest BCUT2D eigenvalue weighted by molar-refractivity contribution is 7.09. The van der Waals surface area contributed by atoms with Gasteiger partial charge in [-0.2, -0.15) is 0 Å². The van der Waals surface area contributed by atoms with Gasteiger partial charge in [-0.05, 0) is 19.1 Å². The van der Waals surface area contributed by atoms with E-state index in [1.807, 2.05) is 42.2 Å². The van der Waals surface area contributed by atoms with Crippen LogP contribution in [0.4, 0.5) is 0 Å². The summed E-state index contributed by atoms with van der Waals surface area (Å²) in [5.74, 6) is -0.0590. The SMILES string of the molecule is Cc1nc(CN2CCN(C(=O)c3cn(-c4ccccc4)nn3)CC2)cs1. The molecule has 0 radical (unpaired) electrons. The lowest BCUT2D eigenvalue weighted by Gasteiger charge is -2.33. The quantitative estimate of drug-likeness (QED) is 0.705. The largest absolute Gasteiger partial charge is 0.335 e. The van der Waals surface area contributed by atoms with E-state index >= 15 is 0 Å². The summed E-state index contributed by atoms with van der Waals surface area (Å²) >= 11 is 1.68. The summed E-state index contributed by atoms with van der Waals surface area (Å²) in [5, 5.41) is 11.3. The summed E-state index contributed by atoms with van der Waals surface area (Å²) in [6, 6.07) is 9.67. The molecule has 4 rings (SSSR count). The predicted molar refractivity (Wildman–Crippen MR) is 99.4 cm³/mol. The van der Waals surface area contributed by atoms with Crippen LogP contribution in [0.3, 0.4) is 0 Å². The van der Waals surface area contributed by atoms with Crippen molar-refractivity contribution in [3.8, 4) is 5.69 Å². The zero-order valence-corrected chi connectivity index (χ0v) is 15.4. The molecule has 7 nitrogen and oxygen atoms in total. The van der Waals surface area contributed by atoms with Gasteiger partial charge in [0.15, 0.2) is 5.69 Å². The standard InChI is InChI=1S/C18H20N6OS/c1-14-19-15(13-26-14)11-22-7-9-23(10-8-22)18(25)17-12-24(21-20-17)16-5-3-2-4-6-16/h2-6,12-13H,7-11H2,1H3. The van der Waals surface area contributed by atoms with Gasteiger partial charge in [0.1, 0.15) is 0 Å². The molecule has 1 amide bonds. The molecule has 1 aliphatic heterocycles. The summed E-state index contributed by atoms with van der Waals surface area (Å²) in [5.41, 5.74) is 2.39. The van der Waals surface area contributed by atoms with Crippen molar-refractivity contribution in [1.82, 2.24) is 29.8 Å². The lowest BCUT2D eigenvalue weighted by molar-refractivity contribution is 0.0621. The molecule has 0 saturated carbocycles. The van der Waals surface area contributed by atoms with Crippen LogP contribution < -0.4 is 0 Å². The van der Waals surface area contributed by atoms with Crippen molar-refractivity contribution in [2.75, 3.05) is 26.2 Å². The number of carbonyl (C=O) groups is 1. The molecule has 0 bridgehead atoms. The smallest absolute Gasteiger partial charge is 0.276 e. The summed E-state index contributed by atoms with van der Waals surface area (Å²) in [6.45, 7) is 5.94. The number of nitrogens with zero attached hydrogens (tertiary/aromatic N) is 6. The Labute approximate surface area is 155 Å². The van der Waals surface area contributed by atoms with E-state index in [4.69, 9.17) is 0 Å². The monoisotopic (exact) mass is 368 g/mol. The van der Waals surface area contributed by atoms with Gasteiger partial charge >= 0.3 is 0 Å².